The summed E-state index contributed by atoms with van der Waals surface area (Å²) in [7, 11) is 1.47. The first-order chi connectivity index (χ1) is 21.8. The maximum Gasteiger partial charge on any atom is 0.573 e. The highest BCUT2D eigenvalue weighted by atomic mass is 32.2. The number of halogens is 3. The molecular weight excluding hydrogens is 623 g/mol. The minimum absolute atomic E-state index is 0.0521. The van der Waals surface area contributed by atoms with E-state index in [2.05, 4.69) is 25.1 Å². The van der Waals surface area contributed by atoms with Crippen molar-refractivity contribution in [2.75, 3.05) is 27.9 Å². The van der Waals surface area contributed by atoms with Gasteiger partial charge in [0.05, 0.1) is 17.1 Å². The third-order valence-electron chi connectivity index (χ3n) is 6.81. The number of thioether (sulfide) groups is 1. The van der Waals surface area contributed by atoms with Crippen LogP contribution in [0.25, 0.3) is 5.69 Å². The number of hydrogen-bond acceptors (Lipinski definition) is 7. The number of carbonyl (C=O) groups excluding carboxylic acids is 3. The Hall–Kier alpha value is -5.18. The highest BCUT2D eigenvalue weighted by Crippen LogP contribution is 2.34. The quantitative estimate of drug-likeness (QED) is 0.241. The number of aliphatic imine (C=N–C) groups is 1. The predicted molar refractivity (Wildman–Crippen MR) is 169 cm³/mol. The number of carbonyl (C=O) groups is 3. The third kappa shape index (κ3) is 7.37. The van der Waals surface area contributed by atoms with Crippen molar-refractivity contribution < 1.29 is 32.3 Å². The molecule has 1 aliphatic heterocycles. The van der Waals surface area contributed by atoms with E-state index >= 15 is 0 Å². The van der Waals surface area contributed by atoms with Crippen molar-refractivity contribution >= 4 is 52.1 Å². The smallest absolute Gasteiger partial charge is 0.406 e. The van der Waals surface area contributed by atoms with E-state index in [9.17, 15) is 27.6 Å². The molecule has 1 aliphatic rings. The Balaban J connectivity index is 1.24. The number of amides is 4. The molecule has 0 spiro atoms. The molecule has 15 heteroatoms. The monoisotopic (exact) mass is 651 g/mol. The molecule has 5 rings (SSSR count). The summed E-state index contributed by atoms with van der Waals surface area (Å²) in [4.78, 5) is 49.7. The molecule has 1 fully saturated rings. The zero-order valence-electron chi connectivity index (χ0n) is 25.1. The molecular formula is C31H28F3N7O4S. The zero-order chi connectivity index (χ0) is 33.2. The summed E-state index contributed by atoms with van der Waals surface area (Å²) in [5, 5.41) is 7.18. The van der Waals surface area contributed by atoms with Gasteiger partial charge in [0.1, 0.15) is 12.1 Å². The maximum atomic E-state index is 13.1. The van der Waals surface area contributed by atoms with E-state index in [0.717, 1.165) is 23.3 Å². The molecule has 1 aromatic heterocycles. The number of aryl methyl sites for hydroxylation is 1. The second-order valence-electron chi connectivity index (χ2n) is 10.5. The number of nitrogens with zero attached hydrogens (tertiary/aromatic N) is 6. The van der Waals surface area contributed by atoms with Gasteiger partial charge in [-0.25, -0.2) is 9.48 Å². The summed E-state index contributed by atoms with van der Waals surface area (Å²) >= 11 is 1.18. The molecule has 0 saturated carbocycles. The summed E-state index contributed by atoms with van der Waals surface area (Å²) < 4.78 is 42.4. The average molecular weight is 652 g/mol. The second kappa shape index (κ2) is 13.0. The van der Waals surface area contributed by atoms with Gasteiger partial charge >= 0.3 is 12.4 Å². The molecule has 3 aromatic carbocycles. The number of ether oxygens (including phenoxy) is 1. The van der Waals surface area contributed by atoms with E-state index in [-0.39, 0.29) is 40.0 Å². The van der Waals surface area contributed by atoms with Crippen LogP contribution >= 0.6 is 11.8 Å². The van der Waals surface area contributed by atoms with Crippen molar-refractivity contribution in [2.45, 2.75) is 33.1 Å². The number of benzene rings is 3. The summed E-state index contributed by atoms with van der Waals surface area (Å²) in [6.45, 7) is 6.00. The molecule has 4 amide bonds. The van der Waals surface area contributed by atoms with Gasteiger partial charge in [-0.3, -0.25) is 19.4 Å². The molecule has 0 radical (unpaired) electrons. The van der Waals surface area contributed by atoms with Crippen LogP contribution in [-0.4, -0.2) is 56.9 Å². The molecule has 0 bridgehead atoms. The summed E-state index contributed by atoms with van der Waals surface area (Å²) in [6.07, 6.45) is -3.49. The molecule has 1 saturated heterocycles. The molecule has 0 aliphatic carbocycles. The number of urea groups is 1. The lowest BCUT2D eigenvalue weighted by atomic mass is 9.99. The fourth-order valence-corrected chi connectivity index (χ4v) is 5.43. The Bertz CT molecular complexity index is 1810. The Morgan fingerprint density at radius 3 is 2.41 bits per heavy atom. The van der Waals surface area contributed by atoms with Crippen molar-refractivity contribution in [2.24, 2.45) is 4.99 Å². The first kappa shape index (κ1) is 32.2. The van der Waals surface area contributed by atoms with Gasteiger partial charge in [0.15, 0.2) is 5.17 Å². The van der Waals surface area contributed by atoms with Gasteiger partial charge in [-0.2, -0.15) is 9.98 Å². The van der Waals surface area contributed by atoms with Crippen LogP contribution in [-0.2, 0) is 4.79 Å². The van der Waals surface area contributed by atoms with Crippen molar-refractivity contribution in [3.05, 3.63) is 89.7 Å². The van der Waals surface area contributed by atoms with Gasteiger partial charge in [0.2, 0.25) is 5.91 Å². The average Bonchev–Trinajstić information content (AvgIpc) is 3.63. The second-order valence-corrected chi connectivity index (χ2v) is 11.5. The fraction of sp³-hybridized carbons (Fsp3) is 0.226. The van der Waals surface area contributed by atoms with Crippen molar-refractivity contribution in [1.82, 2.24) is 14.8 Å². The van der Waals surface area contributed by atoms with E-state index in [1.165, 1.54) is 76.0 Å². The van der Waals surface area contributed by atoms with E-state index in [0.29, 0.717) is 17.1 Å². The fourth-order valence-electron chi connectivity index (χ4n) is 4.57. The number of alkyl halides is 3. The molecule has 0 unspecified atom stereocenters. The topological polar surface area (TPSA) is 122 Å². The normalized spacial score (nSPS) is 14.2. The van der Waals surface area contributed by atoms with E-state index in [1.807, 2.05) is 39.0 Å². The molecule has 4 aromatic rings. The van der Waals surface area contributed by atoms with Gasteiger partial charge in [0.25, 0.3) is 11.9 Å². The van der Waals surface area contributed by atoms with Crippen LogP contribution in [0.3, 0.4) is 0 Å². The highest BCUT2D eigenvalue weighted by Gasteiger charge is 2.33. The number of amidine groups is 1. The largest absolute Gasteiger partial charge is 0.573 e. The molecule has 238 valence electrons. The summed E-state index contributed by atoms with van der Waals surface area (Å²) in [6, 6.07) is 16.3. The SMILES string of the molecule is Cc1ccc(C(C)C)c(N2C(=O)CS/C2=N\C(=O)Nc2ccc(C(=O)N(C)c3ncn(-c4ccc(OC(F)(F)F)cc4)n3)cc2)c1. The minimum atomic E-state index is -4.80. The lowest BCUT2D eigenvalue weighted by Crippen LogP contribution is -2.31. The van der Waals surface area contributed by atoms with Crippen molar-refractivity contribution in [3.8, 4) is 11.4 Å². The van der Waals surface area contributed by atoms with Crippen molar-refractivity contribution in [3.63, 3.8) is 0 Å². The maximum absolute atomic E-state index is 13.1. The number of aromatic nitrogens is 3. The van der Waals surface area contributed by atoms with Crippen LogP contribution in [0.2, 0.25) is 0 Å². The molecule has 2 heterocycles. The van der Waals surface area contributed by atoms with Gasteiger partial charge in [-0.1, -0.05) is 37.7 Å². The van der Waals surface area contributed by atoms with E-state index < -0.39 is 18.3 Å². The van der Waals surface area contributed by atoms with Crippen LogP contribution < -0.4 is 19.9 Å². The van der Waals surface area contributed by atoms with Gasteiger partial charge in [-0.15, -0.1) is 18.3 Å². The van der Waals surface area contributed by atoms with Crippen molar-refractivity contribution in [1.29, 1.82) is 0 Å². The summed E-state index contributed by atoms with van der Waals surface area (Å²) in [5.74, 6) is -0.621. The van der Waals surface area contributed by atoms with E-state index in [4.69, 9.17) is 0 Å². The summed E-state index contributed by atoms with van der Waals surface area (Å²) in [5.41, 5.74) is 3.71. The highest BCUT2D eigenvalue weighted by molar-refractivity contribution is 8.15. The molecule has 11 nitrogen and oxygen atoms in total. The lowest BCUT2D eigenvalue weighted by molar-refractivity contribution is -0.274. The Kier molecular flexibility index (Phi) is 9.14. The Labute approximate surface area is 266 Å². The molecule has 46 heavy (non-hydrogen) atoms. The Morgan fingerprint density at radius 2 is 1.76 bits per heavy atom. The number of hydrogen-bond donors (Lipinski definition) is 1. The lowest BCUT2D eigenvalue weighted by Gasteiger charge is -2.22. The number of nitrogens with one attached hydrogen (secondary N) is 1. The Morgan fingerprint density at radius 1 is 1.07 bits per heavy atom. The number of anilines is 3. The minimum Gasteiger partial charge on any atom is -0.406 e. The molecule has 0 atom stereocenters. The van der Waals surface area contributed by atoms with Gasteiger partial charge in [0, 0.05) is 18.3 Å². The van der Waals surface area contributed by atoms with Gasteiger partial charge in [-0.05, 0) is 78.6 Å². The van der Waals surface area contributed by atoms with Crippen LogP contribution in [0, 0.1) is 6.92 Å². The zero-order valence-corrected chi connectivity index (χ0v) is 25.9. The van der Waals surface area contributed by atoms with Crippen LogP contribution in [0.5, 0.6) is 5.75 Å². The van der Waals surface area contributed by atoms with Gasteiger partial charge < -0.3 is 10.1 Å². The van der Waals surface area contributed by atoms with Crippen LogP contribution in [0.15, 0.2) is 78.0 Å². The molecule has 1 N–H and O–H groups in total. The first-order valence-corrected chi connectivity index (χ1v) is 14.9. The first-order valence-electron chi connectivity index (χ1n) is 13.9. The third-order valence-corrected chi connectivity index (χ3v) is 7.74. The van der Waals surface area contributed by atoms with Crippen LogP contribution in [0.4, 0.5) is 35.3 Å². The predicted octanol–water partition coefficient (Wildman–Crippen LogP) is 6.54. The number of rotatable bonds is 7. The standard InChI is InChI=1S/C31H28F3N7O4S/c1-18(2)24-14-5-19(3)15-25(24)41-26(42)16-46-30(41)37-29(44)36-21-8-6-20(7-9-21)27(43)39(4)28-35-17-40(38-28)22-10-12-23(13-11-22)45-31(32,33)34/h5-15,17-18H,16H2,1-4H3,(H,36,44)/b37-30-. The van der Waals surface area contributed by atoms with Crippen LogP contribution in [0.1, 0.15) is 41.3 Å². The van der Waals surface area contributed by atoms with E-state index in [1.54, 1.807) is 0 Å².